The molecule has 140 valence electrons. The fourth-order valence-corrected chi connectivity index (χ4v) is 3.68. The van der Waals surface area contributed by atoms with E-state index in [9.17, 15) is 9.59 Å². The van der Waals surface area contributed by atoms with Gasteiger partial charge in [0, 0.05) is 37.6 Å². The number of morpholine rings is 1. The number of carbonyl (C=O) groups is 2. The average Bonchev–Trinajstić information content (AvgIpc) is 3.04. The molecule has 0 atom stereocenters. The van der Waals surface area contributed by atoms with Gasteiger partial charge in [0.15, 0.2) is 0 Å². The lowest BCUT2D eigenvalue weighted by Gasteiger charge is -2.30. The first-order valence-electron chi connectivity index (χ1n) is 9.32. The first-order chi connectivity index (χ1) is 13.2. The van der Waals surface area contributed by atoms with Crippen LogP contribution in [-0.2, 0) is 16.0 Å². The zero-order valence-corrected chi connectivity index (χ0v) is 15.2. The van der Waals surface area contributed by atoms with E-state index in [4.69, 9.17) is 4.74 Å². The summed E-state index contributed by atoms with van der Waals surface area (Å²) in [6.45, 7) is 3.79. The number of ether oxygens (including phenoxy) is 1. The third-order valence-electron chi connectivity index (χ3n) is 5.05. The standard InChI is InChI=1S/C21H23N3O3/c25-20-15-16-5-1-3-7-18(16)24(20)10-9-22-21(26)17-6-2-4-8-19(17)23-11-13-27-14-12-23/h1-8H,9-15H2,(H,22,26). The van der Waals surface area contributed by atoms with Crippen molar-refractivity contribution >= 4 is 23.2 Å². The minimum absolute atomic E-state index is 0.0826. The van der Waals surface area contributed by atoms with Gasteiger partial charge in [-0.25, -0.2) is 0 Å². The number of amides is 2. The van der Waals surface area contributed by atoms with Gasteiger partial charge in [0.25, 0.3) is 5.91 Å². The molecule has 1 fully saturated rings. The molecule has 4 rings (SSSR count). The minimum Gasteiger partial charge on any atom is -0.378 e. The zero-order valence-electron chi connectivity index (χ0n) is 15.2. The number of para-hydroxylation sites is 2. The predicted molar refractivity (Wildman–Crippen MR) is 104 cm³/mol. The van der Waals surface area contributed by atoms with Crippen molar-refractivity contribution in [2.75, 3.05) is 49.2 Å². The molecule has 0 spiro atoms. The molecular weight excluding hydrogens is 342 g/mol. The Balaban J connectivity index is 1.40. The van der Waals surface area contributed by atoms with E-state index >= 15 is 0 Å². The molecule has 0 unspecified atom stereocenters. The van der Waals surface area contributed by atoms with Gasteiger partial charge >= 0.3 is 0 Å². The maximum atomic E-state index is 12.7. The van der Waals surface area contributed by atoms with Crippen molar-refractivity contribution in [1.82, 2.24) is 5.32 Å². The highest BCUT2D eigenvalue weighted by Crippen LogP contribution is 2.27. The van der Waals surface area contributed by atoms with Gasteiger partial charge in [0.1, 0.15) is 0 Å². The molecule has 2 amide bonds. The lowest BCUT2D eigenvalue weighted by Crippen LogP contribution is -2.39. The average molecular weight is 365 g/mol. The summed E-state index contributed by atoms with van der Waals surface area (Å²) in [6, 6.07) is 15.4. The van der Waals surface area contributed by atoms with E-state index < -0.39 is 0 Å². The summed E-state index contributed by atoms with van der Waals surface area (Å²) in [5.41, 5.74) is 3.59. The number of anilines is 2. The van der Waals surface area contributed by atoms with Crippen molar-refractivity contribution in [2.24, 2.45) is 0 Å². The van der Waals surface area contributed by atoms with E-state index in [2.05, 4.69) is 10.2 Å². The van der Waals surface area contributed by atoms with E-state index in [1.165, 1.54) is 0 Å². The fourth-order valence-electron chi connectivity index (χ4n) is 3.68. The van der Waals surface area contributed by atoms with Crippen LogP contribution < -0.4 is 15.1 Å². The molecule has 6 heteroatoms. The lowest BCUT2D eigenvalue weighted by atomic mass is 10.1. The smallest absolute Gasteiger partial charge is 0.253 e. The Morgan fingerprint density at radius 1 is 1.00 bits per heavy atom. The molecule has 2 aromatic carbocycles. The SMILES string of the molecule is O=C(NCCN1C(=O)Cc2ccccc21)c1ccccc1N1CCOCC1. The summed E-state index contributed by atoms with van der Waals surface area (Å²) < 4.78 is 5.40. The normalized spacial score (nSPS) is 16.4. The number of nitrogens with zero attached hydrogens (tertiary/aromatic N) is 2. The monoisotopic (exact) mass is 365 g/mol. The van der Waals surface area contributed by atoms with Crippen LogP contribution in [0.5, 0.6) is 0 Å². The van der Waals surface area contributed by atoms with Crippen molar-refractivity contribution in [3.05, 3.63) is 59.7 Å². The van der Waals surface area contributed by atoms with E-state index in [0.717, 1.165) is 30.0 Å². The summed E-state index contributed by atoms with van der Waals surface area (Å²) >= 11 is 0. The van der Waals surface area contributed by atoms with E-state index in [1.54, 1.807) is 4.90 Å². The van der Waals surface area contributed by atoms with Crippen LogP contribution in [0.2, 0.25) is 0 Å². The van der Waals surface area contributed by atoms with Crippen LogP contribution in [0.4, 0.5) is 11.4 Å². The number of hydrogen-bond acceptors (Lipinski definition) is 4. The number of hydrogen-bond donors (Lipinski definition) is 1. The van der Waals surface area contributed by atoms with Crippen molar-refractivity contribution in [3.8, 4) is 0 Å². The molecule has 6 nitrogen and oxygen atoms in total. The predicted octanol–water partition coefficient (Wildman–Crippen LogP) is 1.84. The van der Waals surface area contributed by atoms with Crippen LogP contribution in [0, 0.1) is 0 Å². The maximum absolute atomic E-state index is 12.7. The molecular formula is C21H23N3O3. The molecule has 1 saturated heterocycles. The van der Waals surface area contributed by atoms with Crippen LogP contribution in [-0.4, -0.2) is 51.2 Å². The highest BCUT2D eigenvalue weighted by molar-refractivity contribution is 6.02. The Morgan fingerprint density at radius 2 is 1.70 bits per heavy atom. The molecule has 2 aliphatic rings. The van der Waals surface area contributed by atoms with Crippen molar-refractivity contribution in [3.63, 3.8) is 0 Å². The van der Waals surface area contributed by atoms with Gasteiger partial charge in [-0.05, 0) is 23.8 Å². The molecule has 0 saturated carbocycles. The fraction of sp³-hybridized carbons (Fsp3) is 0.333. The third kappa shape index (κ3) is 3.66. The number of rotatable bonds is 5. The minimum atomic E-state index is -0.114. The summed E-state index contributed by atoms with van der Waals surface area (Å²) in [5, 5.41) is 2.97. The summed E-state index contributed by atoms with van der Waals surface area (Å²) in [4.78, 5) is 28.9. The van der Waals surface area contributed by atoms with E-state index in [0.29, 0.717) is 38.3 Å². The number of fused-ring (bicyclic) bond motifs is 1. The van der Waals surface area contributed by atoms with E-state index in [1.807, 2.05) is 48.5 Å². The van der Waals surface area contributed by atoms with Gasteiger partial charge in [-0.2, -0.15) is 0 Å². The van der Waals surface area contributed by atoms with Crippen LogP contribution >= 0.6 is 0 Å². The van der Waals surface area contributed by atoms with Crippen LogP contribution in [0.25, 0.3) is 0 Å². The summed E-state index contributed by atoms with van der Waals surface area (Å²) in [5.74, 6) is -0.0313. The van der Waals surface area contributed by atoms with Gasteiger partial charge < -0.3 is 19.9 Å². The Kier molecular flexibility index (Phi) is 5.07. The quantitative estimate of drug-likeness (QED) is 0.878. The van der Waals surface area contributed by atoms with Crippen LogP contribution in [0.15, 0.2) is 48.5 Å². The Hall–Kier alpha value is -2.86. The van der Waals surface area contributed by atoms with Gasteiger partial charge in [-0.15, -0.1) is 0 Å². The van der Waals surface area contributed by atoms with Gasteiger partial charge in [0.2, 0.25) is 5.91 Å². The second-order valence-electron chi connectivity index (χ2n) is 6.72. The third-order valence-corrected chi connectivity index (χ3v) is 5.05. The molecule has 0 aliphatic carbocycles. The molecule has 2 aromatic rings. The van der Waals surface area contributed by atoms with Gasteiger partial charge in [-0.1, -0.05) is 30.3 Å². The van der Waals surface area contributed by atoms with Crippen molar-refractivity contribution < 1.29 is 14.3 Å². The van der Waals surface area contributed by atoms with Crippen LogP contribution in [0.1, 0.15) is 15.9 Å². The van der Waals surface area contributed by atoms with Crippen molar-refractivity contribution in [1.29, 1.82) is 0 Å². The lowest BCUT2D eigenvalue weighted by molar-refractivity contribution is -0.117. The number of carbonyl (C=O) groups excluding carboxylic acids is 2. The molecule has 27 heavy (non-hydrogen) atoms. The highest BCUT2D eigenvalue weighted by atomic mass is 16.5. The highest BCUT2D eigenvalue weighted by Gasteiger charge is 2.26. The Bertz CT molecular complexity index is 846. The molecule has 0 aromatic heterocycles. The topological polar surface area (TPSA) is 61.9 Å². The van der Waals surface area contributed by atoms with Crippen molar-refractivity contribution in [2.45, 2.75) is 6.42 Å². The summed E-state index contributed by atoms with van der Waals surface area (Å²) in [7, 11) is 0. The molecule has 0 radical (unpaired) electrons. The van der Waals surface area contributed by atoms with E-state index in [-0.39, 0.29) is 11.8 Å². The molecule has 0 bridgehead atoms. The molecule has 2 heterocycles. The largest absolute Gasteiger partial charge is 0.378 e. The molecule has 1 N–H and O–H groups in total. The first-order valence-corrected chi connectivity index (χ1v) is 9.32. The first kappa shape index (κ1) is 17.5. The Morgan fingerprint density at radius 3 is 2.52 bits per heavy atom. The number of nitrogens with one attached hydrogen (secondary N) is 1. The van der Waals surface area contributed by atoms with Gasteiger partial charge in [0.05, 0.1) is 25.2 Å². The number of benzene rings is 2. The Labute approximate surface area is 158 Å². The maximum Gasteiger partial charge on any atom is 0.253 e. The summed E-state index contributed by atoms with van der Waals surface area (Å²) in [6.07, 6.45) is 0.435. The zero-order chi connectivity index (χ0) is 18.6. The van der Waals surface area contributed by atoms with Gasteiger partial charge in [-0.3, -0.25) is 9.59 Å². The second-order valence-corrected chi connectivity index (χ2v) is 6.72. The van der Waals surface area contributed by atoms with Crippen LogP contribution in [0.3, 0.4) is 0 Å². The molecule has 2 aliphatic heterocycles. The second kappa shape index (κ2) is 7.80.